The Hall–Kier alpha value is -3.81. The molecule has 2 amide bonds. The van der Waals surface area contributed by atoms with Crippen LogP contribution in [0.5, 0.6) is 0 Å². The normalized spacial score (nSPS) is 13.0. The first-order valence-electron chi connectivity index (χ1n) is 10.1. The second kappa shape index (κ2) is 8.51. The second-order valence-corrected chi connectivity index (χ2v) is 7.27. The molecule has 0 fully saturated rings. The molecule has 1 aliphatic rings. The molecule has 0 N–H and O–H groups in total. The van der Waals surface area contributed by atoms with Gasteiger partial charge < -0.3 is 4.74 Å². The quantitative estimate of drug-likeness (QED) is 0.332. The van der Waals surface area contributed by atoms with Gasteiger partial charge in [0, 0.05) is 11.9 Å². The molecule has 2 heterocycles. The van der Waals surface area contributed by atoms with Gasteiger partial charge >= 0.3 is 5.97 Å². The smallest absolute Gasteiger partial charge is 0.361 e. The molecule has 0 saturated heterocycles. The Morgan fingerprint density at radius 3 is 2.16 bits per heavy atom. The van der Waals surface area contributed by atoms with Gasteiger partial charge in [0.05, 0.1) is 16.5 Å². The zero-order chi connectivity index (χ0) is 22.0. The van der Waals surface area contributed by atoms with E-state index in [0.29, 0.717) is 17.3 Å². The Morgan fingerprint density at radius 2 is 1.52 bits per heavy atom. The van der Waals surface area contributed by atoms with Gasteiger partial charge in [0.1, 0.15) is 0 Å². The number of nitrogens with zero attached hydrogens (tertiary/aromatic N) is 3. The van der Waals surface area contributed by atoms with E-state index in [-0.39, 0.29) is 22.4 Å². The number of aromatic nitrogens is 2. The van der Waals surface area contributed by atoms with E-state index in [4.69, 9.17) is 4.74 Å². The summed E-state index contributed by atoms with van der Waals surface area (Å²) in [6.07, 6.45) is 2.67. The monoisotopic (exact) mass is 419 g/mol. The van der Waals surface area contributed by atoms with Crippen molar-refractivity contribution in [2.45, 2.75) is 32.7 Å². The molecule has 0 spiro atoms. The predicted molar refractivity (Wildman–Crippen MR) is 113 cm³/mol. The molecule has 2 aromatic carbocycles. The van der Waals surface area contributed by atoms with Crippen LogP contribution < -0.4 is 5.56 Å². The van der Waals surface area contributed by atoms with Gasteiger partial charge in [0.25, 0.3) is 17.4 Å². The summed E-state index contributed by atoms with van der Waals surface area (Å²) in [5.41, 5.74) is 0.250. The Morgan fingerprint density at radius 1 is 0.903 bits per heavy atom. The Labute approximate surface area is 178 Å². The number of imide groups is 1. The molecule has 8 heteroatoms. The average Bonchev–Trinajstić information content (AvgIpc) is 3.04. The minimum Gasteiger partial charge on any atom is -0.439 e. The highest BCUT2D eigenvalue weighted by Crippen LogP contribution is 2.22. The number of fused-ring (bicyclic) bond motifs is 2. The highest BCUT2D eigenvalue weighted by molar-refractivity contribution is 6.21. The van der Waals surface area contributed by atoms with Gasteiger partial charge in [-0.1, -0.05) is 50.1 Å². The number of carbonyl (C=O) groups excluding carboxylic acids is 3. The molecule has 0 unspecified atom stereocenters. The molecule has 0 saturated carbocycles. The summed E-state index contributed by atoms with van der Waals surface area (Å²) in [5, 5.41) is 4.97. The van der Waals surface area contributed by atoms with Crippen LogP contribution in [-0.4, -0.2) is 39.2 Å². The molecule has 8 nitrogen and oxygen atoms in total. The molecule has 4 rings (SSSR count). The van der Waals surface area contributed by atoms with Gasteiger partial charge in [-0.25, -0.2) is 14.4 Å². The van der Waals surface area contributed by atoms with Crippen LogP contribution in [0.25, 0.3) is 10.8 Å². The summed E-state index contributed by atoms with van der Waals surface area (Å²) in [7, 11) is 0. The maximum atomic E-state index is 12.8. The summed E-state index contributed by atoms with van der Waals surface area (Å²) in [5.74, 6) is -1.84. The lowest BCUT2D eigenvalue weighted by Crippen LogP contribution is -2.34. The number of rotatable bonds is 7. The lowest BCUT2D eigenvalue weighted by atomic mass is 10.1. The minimum absolute atomic E-state index is 0.0247. The number of hydrogen-bond donors (Lipinski definition) is 0. The van der Waals surface area contributed by atoms with E-state index in [9.17, 15) is 19.2 Å². The van der Waals surface area contributed by atoms with Crippen molar-refractivity contribution in [1.82, 2.24) is 14.7 Å². The maximum Gasteiger partial charge on any atom is 0.361 e. The molecule has 0 aliphatic carbocycles. The van der Waals surface area contributed by atoms with E-state index in [2.05, 4.69) is 12.0 Å². The van der Waals surface area contributed by atoms with E-state index >= 15 is 0 Å². The number of benzene rings is 2. The van der Waals surface area contributed by atoms with Crippen LogP contribution in [0.3, 0.4) is 0 Å². The van der Waals surface area contributed by atoms with Crippen LogP contribution in [0, 0.1) is 0 Å². The third-order valence-electron chi connectivity index (χ3n) is 5.24. The van der Waals surface area contributed by atoms with Crippen molar-refractivity contribution in [3.05, 3.63) is 75.7 Å². The molecular weight excluding hydrogens is 398 g/mol. The van der Waals surface area contributed by atoms with Gasteiger partial charge in [-0.3, -0.25) is 14.4 Å². The Kier molecular flexibility index (Phi) is 5.62. The Bertz CT molecular complexity index is 1210. The highest BCUT2D eigenvalue weighted by Gasteiger charge is 2.36. The van der Waals surface area contributed by atoms with E-state index in [0.717, 1.165) is 24.2 Å². The average molecular weight is 419 g/mol. The molecule has 1 aliphatic heterocycles. The fourth-order valence-electron chi connectivity index (χ4n) is 3.60. The standard InChI is InChI=1S/C23H21N3O5/c1-2-3-8-13-26-22(29)16-10-5-4-9-15(16)19(24-26)23(30)31-14-25-20(27)17-11-6-7-12-18(17)21(25)28/h4-7,9-12H,2-3,8,13-14H2,1H3. The molecule has 158 valence electrons. The molecule has 1 aromatic heterocycles. The molecule has 0 atom stereocenters. The Balaban J connectivity index is 1.59. The van der Waals surface area contributed by atoms with Crippen LogP contribution in [0.4, 0.5) is 0 Å². The summed E-state index contributed by atoms with van der Waals surface area (Å²) in [4.78, 5) is 51.4. The minimum atomic E-state index is -0.808. The van der Waals surface area contributed by atoms with Gasteiger partial charge in [0.15, 0.2) is 12.4 Å². The van der Waals surface area contributed by atoms with Crippen molar-refractivity contribution in [1.29, 1.82) is 0 Å². The predicted octanol–water partition coefficient (Wildman–Crippen LogP) is 3.00. The van der Waals surface area contributed by atoms with Crippen LogP contribution in [-0.2, 0) is 11.3 Å². The molecule has 31 heavy (non-hydrogen) atoms. The van der Waals surface area contributed by atoms with Gasteiger partial charge in [-0.15, -0.1) is 0 Å². The first kappa shape index (κ1) is 20.5. The zero-order valence-electron chi connectivity index (χ0n) is 17.0. The fourth-order valence-corrected chi connectivity index (χ4v) is 3.60. The molecular formula is C23H21N3O5. The van der Waals surface area contributed by atoms with E-state index < -0.39 is 24.5 Å². The summed E-state index contributed by atoms with van der Waals surface area (Å²) in [6, 6.07) is 13.1. The van der Waals surface area contributed by atoms with Crippen molar-refractivity contribution >= 4 is 28.6 Å². The van der Waals surface area contributed by atoms with Crippen molar-refractivity contribution in [3.8, 4) is 0 Å². The summed E-state index contributed by atoms with van der Waals surface area (Å²) >= 11 is 0. The van der Waals surface area contributed by atoms with Gasteiger partial charge in [0.2, 0.25) is 0 Å². The zero-order valence-corrected chi connectivity index (χ0v) is 17.0. The third-order valence-corrected chi connectivity index (χ3v) is 5.24. The first-order chi connectivity index (χ1) is 15.0. The number of ether oxygens (including phenoxy) is 1. The largest absolute Gasteiger partial charge is 0.439 e. The number of aryl methyl sites for hydroxylation is 1. The van der Waals surface area contributed by atoms with E-state index in [1.807, 2.05) is 0 Å². The SMILES string of the molecule is CCCCCn1nc(C(=O)OCN2C(=O)c3ccccc3C2=O)c2ccccc2c1=O. The highest BCUT2D eigenvalue weighted by atomic mass is 16.5. The number of unbranched alkanes of at least 4 members (excludes halogenated alkanes) is 2. The van der Waals surface area contributed by atoms with Crippen molar-refractivity contribution in [2.75, 3.05) is 6.73 Å². The van der Waals surface area contributed by atoms with Crippen molar-refractivity contribution < 1.29 is 19.1 Å². The lowest BCUT2D eigenvalue weighted by Gasteiger charge is -2.15. The third kappa shape index (κ3) is 3.72. The summed E-state index contributed by atoms with van der Waals surface area (Å²) in [6.45, 7) is 1.91. The maximum absolute atomic E-state index is 12.8. The number of carbonyl (C=O) groups is 3. The van der Waals surface area contributed by atoms with Crippen LogP contribution in [0.1, 0.15) is 57.4 Å². The molecule has 0 bridgehead atoms. The topological polar surface area (TPSA) is 98.6 Å². The van der Waals surface area contributed by atoms with Gasteiger partial charge in [-0.2, -0.15) is 5.10 Å². The van der Waals surface area contributed by atoms with Crippen LogP contribution >= 0.6 is 0 Å². The van der Waals surface area contributed by atoms with Crippen molar-refractivity contribution in [2.24, 2.45) is 0 Å². The lowest BCUT2D eigenvalue weighted by molar-refractivity contribution is 0.0223. The first-order valence-corrected chi connectivity index (χ1v) is 10.1. The van der Waals surface area contributed by atoms with E-state index in [1.165, 1.54) is 4.68 Å². The number of amides is 2. The number of esters is 1. The molecule has 0 radical (unpaired) electrons. The number of hydrogen-bond acceptors (Lipinski definition) is 6. The van der Waals surface area contributed by atoms with Gasteiger partial charge in [-0.05, 0) is 24.6 Å². The van der Waals surface area contributed by atoms with Crippen molar-refractivity contribution in [3.63, 3.8) is 0 Å². The molecule has 3 aromatic rings. The second-order valence-electron chi connectivity index (χ2n) is 7.27. The summed E-state index contributed by atoms with van der Waals surface area (Å²) < 4.78 is 6.55. The van der Waals surface area contributed by atoms with Crippen LogP contribution in [0.2, 0.25) is 0 Å². The van der Waals surface area contributed by atoms with E-state index in [1.54, 1.807) is 48.5 Å². The fraction of sp³-hybridized carbons (Fsp3) is 0.261. The van der Waals surface area contributed by atoms with Crippen LogP contribution in [0.15, 0.2) is 53.3 Å².